The second kappa shape index (κ2) is 15.0. The minimum atomic E-state index is -1.48. The van der Waals surface area contributed by atoms with E-state index >= 15 is 0 Å². The number of amides is 1. The standard InChI is InChI=1S/C39H35F2N3O4/c40-33-19-16-32(35(41)24-33)26-42-44-38(46)39(25-27-8-3-1-4-9-27)36(30-14-12-29(13-15-30)28-10-5-2-6-11-28)48-37(43-39)31-17-20-34(21-18-31)47-23-7-22-45/h1-6,8-21,24,36,42,45H,7,22-23,25-26H2,(H,44,46)/t36-,39-/m0/s1. The van der Waals surface area contributed by atoms with Crippen LogP contribution in [0.3, 0.4) is 0 Å². The third-order valence-electron chi connectivity index (χ3n) is 8.16. The summed E-state index contributed by atoms with van der Waals surface area (Å²) in [5.74, 6) is -0.975. The summed E-state index contributed by atoms with van der Waals surface area (Å²) in [6.07, 6.45) is -0.118. The van der Waals surface area contributed by atoms with E-state index in [1.54, 1.807) is 12.1 Å². The Balaban J connectivity index is 1.36. The van der Waals surface area contributed by atoms with E-state index < -0.39 is 29.2 Å². The van der Waals surface area contributed by atoms with E-state index in [4.69, 9.17) is 19.6 Å². The van der Waals surface area contributed by atoms with E-state index in [0.717, 1.165) is 34.4 Å². The average Bonchev–Trinajstić information content (AvgIpc) is 3.50. The second-order valence-corrected chi connectivity index (χ2v) is 11.5. The van der Waals surface area contributed by atoms with Crippen LogP contribution in [0, 0.1) is 11.6 Å². The average molecular weight is 648 g/mol. The lowest BCUT2D eigenvalue weighted by molar-refractivity contribution is -0.130. The zero-order valence-corrected chi connectivity index (χ0v) is 26.1. The van der Waals surface area contributed by atoms with Gasteiger partial charge in [0.25, 0.3) is 5.91 Å². The zero-order chi connectivity index (χ0) is 33.3. The summed E-state index contributed by atoms with van der Waals surface area (Å²) >= 11 is 0. The Morgan fingerprint density at radius 1 is 0.833 bits per heavy atom. The van der Waals surface area contributed by atoms with Gasteiger partial charge in [0.2, 0.25) is 5.90 Å². The largest absolute Gasteiger partial charge is 0.494 e. The molecule has 0 unspecified atom stereocenters. The molecular weight excluding hydrogens is 612 g/mol. The van der Waals surface area contributed by atoms with Gasteiger partial charge in [-0.2, -0.15) is 0 Å². The maximum Gasteiger partial charge on any atom is 0.266 e. The molecule has 1 heterocycles. The molecule has 1 aliphatic heterocycles. The smallest absolute Gasteiger partial charge is 0.266 e. The Labute approximate surface area is 277 Å². The quantitative estimate of drug-likeness (QED) is 0.0976. The van der Waals surface area contributed by atoms with Crippen molar-refractivity contribution >= 4 is 11.8 Å². The van der Waals surface area contributed by atoms with Crippen molar-refractivity contribution in [1.29, 1.82) is 0 Å². The van der Waals surface area contributed by atoms with E-state index in [1.165, 1.54) is 6.07 Å². The molecule has 3 N–H and O–H groups in total. The van der Waals surface area contributed by atoms with Gasteiger partial charge in [0.1, 0.15) is 17.4 Å². The number of benzene rings is 5. The van der Waals surface area contributed by atoms with E-state index in [0.29, 0.717) is 24.3 Å². The number of carbonyl (C=O) groups is 1. The molecule has 5 aromatic rings. The minimum absolute atomic E-state index is 0.0374. The van der Waals surface area contributed by atoms with Crippen molar-refractivity contribution in [3.8, 4) is 16.9 Å². The summed E-state index contributed by atoms with van der Waals surface area (Å²) in [5, 5.41) is 9.08. The number of aliphatic imine (C=N–C) groups is 1. The van der Waals surface area contributed by atoms with Crippen molar-refractivity contribution in [2.45, 2.75) is 31.0 Å². The van der Waals surface area contributed by atoms with Gasteiger partial charge in [0, 0.05) is 43.2 Å². The lowest BCUT2D eigenvalue weighted by Crippen LogP contribution is -2.53. The SMILES string of the molecule is O=C(NNCc1ccc(F)cc1F)[C@@]1(Cc2ccccc2)N=C(c2ccc(OCCCO)cc2)O[C@H]1c1ccc(-c2ccccc2)cc1. The predicted octanol–water partition coefficient (Wildman–Crippen LogP) is 6.71. The molecular formula is C39H35F2N3O4. The summed E-state index contributed by atoms with van der Waals surface area (Å²) in [6.45, 7) is 0.337. The Bertz CT molecular complexity index is 1850. The first kappa shape index (κ1) is 32.6. The molecule has 7 nitrogen and oxygen atoms in total. The van der Waals surface area contributed by atoms with Gasteiger partial charge in [-0.25, -0.2) is 19.2 Å². The molecule has 0 spiro atoms. The third-order valence-corrected chi connectivity index (χ3v) is 8.16. The molecule has 244 valence electrons. The normalized spacial score (nSPS) is 17.0. The first-order valence-corrected chi connectivity index (χ1v) is 15.7. The number of aliphatic hydroxyl groups excluding tert-OH is 1. The van der Waals surface area contributed by atoms with Crippen molar-refractivity contribution in [1.82, 2.24) is 10.9 Å². The molecule has 48 heavy (non-hydrogen) atoms. The highest BCUT2D eigenvalue weighted by Crippen LogP contribution is 2.43. The van der Waals surface area contributed by atoms with Gasteiger partial charge in [0.15, 0.2) is 11.6 Å². The maximum atomic E-state index is 14.4. The number of nitrogens with one attached hydrogen (secondary N) is 2. The van der Waals surface area contributed by atoms with Crippen LogP contribution < -0.4 is 15.6 Å². The summed E-state index contributed by atoms with van der Waals surface area (Å²) < 4.78 is 40.2. The van der Waals surface area contributed by atoms with E-state index in [-0.39, 0.29) is 31.0 Å². The molecule has 0 aromatic heterocycles. The molecule has 0 saturated carbocycles. The van der Waals surface area contributed by atoms with Crippen LogP contribution >= 0.6 is 0 Å². The zero-order valence-electron chi connectivity index (χ0n) is 26.1. The van der Waals surface area contributed by atoms with Crippen LogP contribution in [-0.4, -0.2) is 35.7 Å². The lowest BCUT2D eigenvalue weighted by Gasteiger charge is -2.31. The number of hydrogen-bond donors (Lipinski definition) is 3. The number of halogens is 2. The summed E-state index contributed by atoms with van der Waals surface area (Å²) in [7, 11) is 0. The second-order valence-electron chi connectivity index (χ2n) is 11.5. The fraction of sp³-hybridized carbons (Fsp3) is 0.179. The van der Waals surface area contributed by atoms with Gasteiger partial charge in [-0.05, 0) is 52.6 Å². The van der Waals surface area contributed by atoms with Gasteiger partial charge in [-0.15, -0.1) is 0 Å². The van der Waals surface area contributed by atoms with Crippen molar-refractivity contribution < 1.29 is 28.2 Å². The number of hydrazine groups is 1. The Morgan fingerprint density at radius 2 is 1.50 bits per heavy atom. The van der Waals surface area contributed by atoms with Crippen LogP contribution in [0.2, 0.25) is 0 Å². The molecule has 0 radical (unpaired) electrons. The molecule has 1 aliphatic rings. The molecule has 2 atom stereocenters. The lowest BCUT2D eigenvalue weighted by atomic mass is 9.82. The highest BCUT2D eigenvalue weighted by atomic mass is 19.1. The van der Waals surface area contributed by atoms with Crippen LogP contribution in [-0.2, 0) is 22.5 Å². The van der Waals surface area contributed by atoms with E-state index in [1.807, 2.05) is 97.1 Å². The van der Waals surface area contributed by atoms with Gasteiger partial charge < -0.3 is 14.6 Å². The molecule has 1 amide bonds. The van der Waals surface area contributed by atoms with Crippen molar-refractivity contribution in [3.63, 3.8) is 0 Å². The van der Waals surface area contributed by atoms with Gasteiger partial charge in [-0.3, -0.25) is 10.2 Å². The molecule has 5 aromatic carbocycles. The molecule has 0 aliphatic carbocycles. The minimum Gasteiger partial charge on any atom is -0.494 e. The summed E-state index contributed by atoms with van der Waals surface area (Å²) in [6, 6.07) is 37.9. The highest BCUT2D eigenvalue weighted by molar-refractivity contribution is 6.01. The first-order chi connectivity index (χ1) is 23.4. The molecule has 0 fully saturated rings. The van der Waals surface area contributed by atoms with Gasteiger partial charge >= 0.3 is 0 Å². The number of hydrogen-bond acceptors (Lipinski definition) is 6. The topological polar surface area (TPSA) is 92.2 Å². The van der Waals surface area contributed by atoms with Crippen molar-refractivity contribution in [2.24, 2.45) is 4.99 Å². The summed E-state index contributed by atoms with van der Waals surface area (Å²) in [4.78, 5) is 19.4. The predicted molar refractivity (Wildman–Crippen MR) is 180 cm³/mol. The Kier molecular flexibility index (Phi) is 10.2. The van der Waals surface area contributed by atoms with E-state index in [2.05, 4.69) is 10.9 Å². The molecule has 6 rings (SSSR count). The van der Waals surface area contributed by atoms with Crippen LogP contribution in [0.1, 0.15) is 34.8 Å². The molecule has 9 heteroatoms. The number of rotatable bonds is 13. The maximum absolute atomic E-state index is 14.4. The number of carbonyl (C=O) groups excluding carboxylic acids is 1. The fourth-order valence-corrected chi connectivity index (χ4v) is 5.66. The van der Waals surface area contributed by atoms with Crippen molar-refractivity contribution in [2.75, 3.05) is 13.2 Å². The van der Waals surface area contributed by atoms with Gasteiger partial charge in [0.05, 0.1) is 6.61 Å². The van der Waals surface area contributed by atoms with Gasteiger partial charge in [-0.1, -0.05) is 91.0 Å². The number of aliphatic hydroxyl groups is 1. The Hall–Kier alpha value is -5.38. The molecule has 0 saturated heterocycles. The Morgan fingerprint density at radius 3 is 2.19 bits per heavy atom. The van der Waals surface area contributed by atoms with Crippen LogP contribution in [0.5, 0.6) is 5.75 Å². The first-order valence-electron chi connectivity index (χ1n) is 15.7. The highest BCUT2D eigenvalue weighted by Gasteiger charge is 2.53. The summed E-state index contributed by atoms with van der Waals surface area (Å²) in [5.41, 5.74) is 8.60. The van der Waals surface area contributed by atoms with Crippen molar-refractivity contribution in [3.05, 3.63) is 161 Å². The third kappa shape index (κ3) is 7.43. The number of nitrogens with zero attached hydrogens (tertiary/aromatic N) is 1. The van der Waals surface area contributed by atoms with Crippen LogP contribution in [0.4, 0.5) is 8.78 Å². The van der Waals surface area contributed by atoms with Crippen LogP contribution in [0.25, 0.3) is 11.1 Å². The monoisotopic (exact) mass is 647 g/mol. The van der Waals surface area contributed by atoms with E-state index in [9.17, 15) is 13.6 Å². The molecule has 0 bridgehead atoms. The fourth-order valence-electron chi connectivity index (χ4n) is 5.66. The number of ether oxygens (including phenoxy) is 2. The van der Waals surface area contributed by atoms with Crippen LogP contribution in [0.15, 0.2) is 132 Å².